The molecule has 0 saturated heterocycles. The number of amides is 1. The summed E-state index contributed by atoms with van der Waals surface area (Å²) in [5, 5.41) is 3.08. The minimum absolute atomic E-state index is 0.202. The molecule has 6 heteroatoms. The van der Waals surface area contributed by atoms with Crippen molar-refractivity contribution in [3.05, 3.63) is 72.6 Å². The summed E-state index contributed by atoms with van der Waals surface area (Å²) < 4.78 is 5.13. The topological polar surface area (TPSA) is 67.3 Å². The number of ether oxygens (including phenoxy) is 1. The van der Waals surface area contributed by atoms with Crippen molar-refractivity contribution in [2.75, 3.05) is 24.4 Å². The third-order valence-corrected chi connectivity index (χ3v) is 3.67. The van der Waals surface area contributed by atoms with Crippen LogP contribution in [-0.4, -0.2) is 30.0 Å². The fraction of sp³-hybridized carbons (Fsp3) is 0.105. The van der Waals surface area contributed by atoms with E-state index in [-0.39, 0.29) is 5.91 Å². The number of carbonyl (C=O) groups excluding carboxylic acids is 1. The fourth-order valence-electron chi connectivity index (χ4n) is 2.28. The smallest absolute Gasteiger partial charge is 0.276 e. The van der Waals surface area contributed by atoms with Gasteiger partial charge < -0.3 is 15.0 Å². The monoisotopic (exact) mass is 334 g/mol. The average Bonchev–Trinajstić information content (AvgIpc) is 2.68. The van der Waals surface area contributed by atoms with Gasteiger partial charge in [0.15, 0.2) is 0 Å². The van der Waals surface area contributed by atoms with Crippen molar-refractivity contribution in [1.29, 1.82) is 0 Å². The highest BCUT2D eigenvalue weighted by atomic mass is 16.5. The zero-order chi connectivity index (χ0) is 17.6. The van der Waals surface area contributed by atoms with Gasteiger partial charge in [0.25, 0.3) is 5.91 Å². The molecule has 0 saturated carbocycles. The van der Waals surface area contributed by atoms with Crippen LogP contribution in [0.15, 0.2) is 66.9 Å². The minimum atomic E-state index is -0.202. The first-order valence-corrected chi connectivity index (χ1v) is 7.74. The van der Waals surface area contributed by atoms with Gasteiger partial charge >= 0.3 is 0 Å². The number of hydrogen-bond donors (Lipinski definition) is 1. The summed E-state index contributed by atoms with van der Waals surface area (Å²) in [5.41, 5.74) is 1.93. The van der Waals surface area contributed by atoms with Gasteiger partial charge in [-0.25, -0.2) is 9.97 Å². The third kappa shape index (κ3) is 3.92. The van der Waals surface area contributed by atoms with Gasteiger partial charge in [-0.1, -0.05) is 18.2 Å². The highest BCUT2D eigenvalue weighted by Crippen LogP contribution is 2.18. The fourth-order valence-corrected chi connectivity index (χ4v) is 2.28. The Labute approximate surface area is 146 Å². The van der Waals surface area contributed by atoms with Crippen molar-refractivity contribution in [3.8, 4) is 5.75 Å². The lowest BCUT2D eigenvalue weighted by Crippen LogP contribution is -2.27. The number of nitrogens with zero attached hydrogens (tertiary/aromatic N) is 3. The molecule has 1 heterocycles. The SMILES string of the molecule is COc1ccc(Nc2nccc(C(=O)N(C)c3ccccc3)n2)cc1. The zero-order valence-electron chi connectivity index (χ0n) is 14.0. The molecule has 0 unspecified atom stereocenters. The number of aromatic nitrogens is 2. The molecule has 1 aromatic heterocycles. The molecule has 3 rings (SSSR count). The van der Waals surface area contributed by atoms with Crippen LogP contribution in [-0.2, 0) is 0 Å². The number of hydrogen-bond acceptors (Lipinski definition) is 5. The second-order valence-corrected chi connectivity index (χ2v) is 5.32. The summed E-state index contributed by atoms with van der Waals surface area (Å²) in [4.78, 5) is 22.7. The average molecular weight is 334 g/mol. The lowest BCUT2D eigenvalue weighted by Gasteiger charge is -2.17. The molecule has 0 spiro atoms. The molecule has 126 valence electrons. The van der Waals surface area contributed by atoms with Gasteiger partial charge in [0, 0.05) is 24.6 Å². The van der Waals surface area contributed by atoms with E-state index in [1.165, 1.54) is 0 Å². The van der Waals surface area contributed by atoms with E-state index in [2.05, 4.69) is 15.3 Å². The Morgan fingerprint density at radius 2 is 1.76 bits per heavy atom. The number of methoxy groups -OCH3 is 1. The van der Waals surface area contributed by atoms with Gasteiger partial charge in [-0.3, -0.25) is 4.79 Å². The number of carbonyl (C=O) groups is 1. The zero-order valence-corrected chi connectivity index (χ0v) is 14.0. The molecule has 0 aliphatic rings. The molecule has 1 amide bonds. The molecule has 0 radical (unpaired) electrons. The Kier molecular flexibility index (Phi) is 4.89. The van der Waals surface area contributed by atoms with E-state index in [9.17, 15) is 4.79 Å². The highest BCUT2D eigenvalue weighted by Gasteiger charge is 2.15. The number of nitrogens with one attached hydrogen (secondary N) is 1. The number of rotatable bonds is 5. The Hall–Kier alpha value is -3.41. The van der Waals surface area contributed by atoms with Gasteiger partial charge in [-0.2, -0.15) is 0 Å². The molecule has 0 aliphatic carbocycles. The Morgan fingerprint density at radius 3 is 2.44 bits per heavy atom. The van der Waals surface area contributed by atoms with Gasteiger partial charge in [0.1, 0.15) is 11.4 Å². The minimum Gasteiger partial charge on any atom is -0.497 e. The predicted octanol–water partition coefficient (Wildman–Crippen LogP) is 3.51. The molecule has 3 aromatic rings. The number of benzene rings is 2. The number of anilines is 3. The maximum atomic E-state index is 12.6. The van der Waals surface area contributed by atoms with Crippen molar-refractivity contribution in [2.24, 2.45) is 0 Å². The van der Waals surface area contributed by atoms with Crippen molar-refractivity contribution in [3.63, 3.8) is 0 Å². The molecule has 0 aliphatic heterocycles. The van der Waals surface area contributed by atoms with Gasteiger partial charge in [-0.05, 0) is 42.5 Å². The van der Waals surface area contributed by atoms with Crippen molar-refractivity contribution in [1.82, 2.24) is 9.97 Å². The van der Waals surface area contributed by atoms with Crippen LogP contribution in [0.4, 0.5) is 17.3 Å². The molecule has 25 heavy (non-hydrogen) atoms. The van der Waals surface area contributed by atoms with Crippen molar-refractivity contribution >= 4 is 23.2 Å². The van der Waals surface area contributed by atoms with Crippen LogP contribution in [0, 0.1) is 0 Å². The molecule has 2 aromatic carbocycles. The van der Waals surface area contributed by atoms with Crippen LogP contribution in [0.2, 0.25) is 0 Å². The maximum Gasteiger partial charge on any atom is 0.276 e. The quantitative estimate of drug-likeness (QED) is 0.773. The first-order chi connectivity index (χ1) is 12.2. The Morgan fingerprint density at radius 1 is 1.04 bits per heavy atom. The molecule has 1 N–H and O–H groups in total. The summed E-state index contributed by atoms with van der Waals surface area (Å²) >= 11 is 0. The first-order valence-electron chi connectivity index (χ1n) is 7.74. The lowest BCUT2D eigenvalue weighted by atomic mass is 10.2. The molecule has 0 bridgehead atoms. The molecular formula is C19H18N4O2. The summed E-state index contributed by atoms with van der Waals surface area (Å²) in [7, 11) is 3.33. The standard InChI is InChI=1S/C19H18N4O2/c1-23(15-6-4-3-5-7-15)18(24)17-12-13-20-19(22-17)21-14-8-10-16(25-2)11-9-14/h3-13H,1-2H3,(H,20,21,22). The molecule has 6 nitrogen and oxygen atoms in total. The molecule has 0 fully saturated rings. The van der Waals surface area contributed by atoms with Gasteiger partial charge in [0.2, 0.25) is 5.95 Å². The van der Waals surface area contributed by atoms with Crippen LogP contribution in [0.3, 0.4) is 0 Å². The van der Waals surface area contributed by atoms with Crippen LogP contribution >= 0.6 is 0 Å². The molecular weight excluding hydrogens is 316 g/mol. The van der Waals surface area contributed by atoms with E-state index < -0.39 is 0 Å². The predicted molar refractivity (Wildman–Crippen MR) is 97.5 cm³/mol. The van der Waals surface area contributed by atoms with E-state index in [1.54, 1.807) is 31.3 Å². The van der Waals surface area contributed by atoms with Gasteiger partial charge in [-0.15, -0.1) is 0 Å². The van der Waals surface area contributed by atoms with E-state index >= 15 is 0 Å². The Bertz CT molecular complexity index is 851. The maximum absolute atomic E-state index is 12.6. The third-order valence-electron chi connectivity index (χ3n) is 3.67. The van der Waals surface area contributed by atoms with Crippen LogP contribution in [0.5, 0.6) is 5.75 Å². The van der Waals surface area contributed by atoms with Crippen LogP contribution in [0.1, 0.15) is 10.5 Å². The van der Waals surface area contributed by atoms with E-state index in [1.807, 2.05) is 54.6 Å². The van der Waals surface area contributed by atoms with E-state index in [4.69, 9.17) is 4.74 Å². The Balaban J connectivity index is 1.77. The van der Waals surface area contributed by atoms with Crippen LogP contribution in [0.25, 0.3) is 0 Å². The van der Waals surface area contributed by atoms with Crippen LogP contribution < -0.4 is 15.0 Å². The van der Waals surface area contributed by atoms with Crippen molar-refractivity contribution < 1.29 is 9.53 Å². The second-order valence-electron chi connectivity index (χ2n) is 5.32. The largest absolute Gasteiger partial charge is 0.497 e. The summed E-state index contributed by atoms with van der Waals surface area (Å²) in [5.74, 6) is 0.920. The van der Waals surface area contributed by atoms with Gasteiger partial charge in [0.05, 0.1) is 7.11 Å². The molecule has 0 atom stereocenters. The number of para-hydroxylation sites is 1. The first kappa shape index (κ1) is 16.4. The summed E-state index contributed by atoms with van der Waals surface area (Å²) in [6.45, 7) is 0. The second kappa shape index (κ2) is 7.44. The van der Waals surface area contributed by atoms with Crippen molar-refractivity contribution in [2.45, 2.75) is 0 Å². The van der Waals surface area contributed by atoms with E-state index in [0.717, 1.165) is 17.1 Å². The summed E-state index contributed by atoms with van der Waals surface area (Å²) in [6, 6.07) is 18.4. The van der Waals surface area contributed by atoms with E-state index in [0.29, 0.717) is 11.6 Å². The normalized spacial score (nSPS) is 10.2. The summed E-state index contributed by atoms with van der Waals surface area (Å²) in [6.07, 6.45) is 1.56. The highest BCUT2D eigenvalue weighted by molar-refractivity contribution is 6.04. The lowest BCUT2D eigenvalue weighted by molar-refractivity contribution is 0.0988.